The first-order chi connectivity index (χ1) is 20.1. The fourth-order valence-electron chi connectivity index (χ4n) is 4.89. The molecule has 4 aromatic rings. The minimum absolute atomic E-state index is 0.167. The van der Waals surface area contributed by atoms with E-state index in [9.17, 15) is 4.79 Å². The predicted molar refractivity (Wildman–Crippen MR) is 160 cm³/mol. The second kappa shape index (κ2) is 12.5. The van der Waals surface area contributed by atoms with Crippen LogP contribution in [-0.2, 0) is 17.7 Å². The third kappa shape index (κ3) is 7.08. The zero-order valence-electron chi connectivity index (χ0n) is 23.3. The lowest BCUT2D eigenvalue weighted by molar-refractivity contribution is 0.0384. The van der Waals surface area contributed by atoms with Gasteiger partial charge in [0.05, 0.1) is 18.9 Å². The predicted octanol–water partition coefficient (Wildman–Crippen LogP) is 4.93. The molecule has 0 atom stereocenters. The van der Waals surface area contributed by atoms with Crippen molar-refractivity contribution in [1.29, 1.82) is 0 Å². The Morgan fingerprint density at radius 3 is 2.66 bits per heavy atom. The number of carbonyl (C=O) groups excluding carboxylic acids is 1. The Labute approximate surface area is 240 Å². The van der Waals surface area contributed by atoms with Gasteiger partial charge in [0.25, 0.3) is 0 Å². The van der Waals surface area contributed by atoms with Gasteiger partial charge in [0, 0.05) is 67.1 Å². The fraction of sp³-hybridized carbons (Fsp3) is 0.355. The highest BCUT2D eigenvalue weighted by Crippen LogP contribution is 2.31. The van der Waals surface area contributed by atoms with Crippen molar-refractivity contribution in [2.45, 2.75) is 38.8 Å². The summed E-state index contributed by atoms with van der Waals surface area (Å²) < 4.78 is 7.37. The van der Waals surface area contributed by atoms with Gasteiger partial charge in [-0.1, -0.05) is 24.3 Å². The summed E-state index contributed by atoms with van der Waals surface area (Å²) in [5.74, 6) is 0.532. The molecule has 1 aliphatic heterocycles. The van der Waals surface area contributed by atoms with Gasteiger partial charge in [-0.05, 0) is 62.1 Å². The molecule has 2 aliphatic rings. The lowest BCUT2D eigenvalue weighted by Crippen LogP contribution is -2.37. The van der Waals surface area contributed by atoms with Crippen LogP contribution in [0.25, 0.3) is 22.5 Å². The number of hydrogen-bond donors (Lipinski definition) is 3. The molecule has 41 heavy (non-hydrogen) atoms. The first-order valence-corrected chi connectivity index (χ1v) is 14.4. The van der Waals surface area contributed by atoms with Gasteiger partial charge in [-0.25, -0.2) is 14.8 Å². The van der Waals surface area contributed by atoms with Crippen molar-refractivity contribution >= 4 is 23.4 Å². The summed E-state index contributed by atoms with van der Waals surface area (Å²) in [6, 6.07) is 18.2. The maximum absolute atomic E-state index is 12.1. The molecule has 1 saturated carbocycles. The minimum atomic E-state index is -0.167. The number of benzene rings is 2. The monoisotopic (exact) mass is 552 g/mol. The van der Waals surface area contributed by atoms with Gasteiger partial charge in [-0.15, -0.1) is 0 Å². The molecule has 0 radical (unpaired) electrons. The van der Waals surface area contributed by atoms with Gasteiger partial charge in [0.2, 0.25) is 5.95 Å². The molecule has 6 rings (SSSR count). The SMILES string of the molecule is CCn1cc(-c2ccnc(Nc3cccc(CCN4CCOCC4)c3)n2)c(-c2ccc(NC(=O)NC3CC3)cc2)n1. The number of urea groups is 1. The molecular formula is C31H36N8O2. The number of aryl methyl sites for hydroxylation is 1. The lowest BCUT2D eigenvalue weighted by Gasteiger charge is -2.26. The zero-order valence-corrected chi connectivity index (χ0v) is 23.3. The van der Waals surface area contributed by atoms with Crippen molar-refractivity contribution in [3.63, 3.8) is 0 Å². The summed E-state index contributed by atoms with van der Waals surface area (Å²) in [6.07, 6.45) is 6.87. The fourth-order valence-corrected chi connectivity index (χ4v) is 4.89. The van der Waals surface area contributed by atoms with E-state index < -0.39 is 0 Å². The van der Waals surface area contributed by atoms with E-state index in [1.54, 1.807) is 6.20 Å². The van der Waals surface area contributed by atoms with Crippen LogP contribution in [0, 0.1) is 0 Å². The van der Waals surface area contributed by atoms with E-state index in [0.29, 0.717) is 12.0 Å². The first kappa shape index (κ1) is 26.9. The molecule has 212 valence electrons. The minimum Gasteiger partial charge on any atom is -0.379 e. The van der Waals surface area contributed by atoms with Crippen molar-refractivity contribution in [3.8, 4) is 22.5 Å². The van der Waals surface area contributed by atoms with Gasteiger partial charge in [-0.2, -0.15) is 5.10 Å². The molecule has 0 bridgehead atoms. The molecule has 2 fully saturated rings. The van der Waals surface area contributed by atoms with E-state index in [0.717, 1.165) is 92.5 Å². The number of anilines is 3. The van der Waals surface area contributed by atoms with Crippen LogP contribution >= 0.6 is 0 Å². The molecule has 2 aromatic heterocycles. The molecule has 0 spiro atoms. The van der Waals surface area contributed by atoms with Crippen LogP contribution in [0.15, 0.2) is 67.0 Å². The number of carbonyl (C=O) groups is 1. The van der Waals surface area contributed by atoms with E-state index in [-0.39, 0.29) is 6.03 Å². The Hall–Kier alpha value is -4.28. The normalized spacial score (nSPS) is 15.4. The molecule has 0 unspecified atom stereocenters. The van der Waals surface area contributed by atoms with Crippen LogP contribution < -0.4 is 16.0 Å². The van der Waals surface area contributed by atoms with Crippen LogP contribution in [0.3, 0.4) is 0 Å². The summed E-state index contributed by atoms with van der Waals surface area (Å²) in [4.78, 5) is 23.9. The third-order valence-electron chi connectivity index (χ3n) is 7.35. The summed E-state index contributed by atoms with van der Waals surface area (Å²) in [7, 11) is 0. The number of ether oxygens (including phenoxy) is 1. The Balaban J connectivity index is 1.17. The highest BCUT2D eigenvalue weighted by Gasteiger charge is 2.23. The molecule has 3 N–H and O–H groups in total. The van der Waals surface area contributed by atoms with Crippen LogP contribution in [-0.4, -0.2) is 69.6 Å². The van der Waals surface area contributed by atoms with Crippen LogP contribution in [0.2, 0.25) is 0 Å². The standard InChI is InChI=1S/C31H36N8O2/c1-2-39-21-27(29(37-39)23-6-8-24(9-7-23)34-31(40)35-25-10-11-25)28-12-14-32-30(36-28)33-26-5-3-4-22(20-26)13-15-38-16-18-41-19-17-38/h3-9,12,14,20-21,25H,2,10-11,13,15-19H2,1H3,(H,32,33,36)(H2,34,35,40). The number of aromatic nitrogens is 4. The Kier molecular flexibility index (Phi) is 8.20. The Morgan fingerprint density at radius 2 is 1.88 bits per heavy atom. The summed E-state index contributed by atoms with van der Waals surface area (Å²) in [5, 5.41) is 14.1. The quantitative estimate of drug-likeness (QED) is 0.256. The number of hydrogen-bond acceptors (Lipinski definition) is 7. The summed E-state index contributed by atoms with van der Waals surface area (Å²) >= 11 is 0. The molecule has 10 heteroatoms. The maximum Gasteiger partial charge on any atom is 0.319 e. The largest absolute Gasteiger partial charge is 0.379 e. The second-order valence-electron chi connectivity index (χ2n) is 10.5. The van der Waals surface area contributed by atoms with Gasteiger partial charge in [-0.3, -0.25) is 9.58 Å². The van der Waals surface area contributed by atoms with E-state index in [1.165, 1.54) is 5.56 Å². The molecular weight excluding hydrogens is 516 g/mol. The molecule has 2 amide bonds. The average molecular weight is 553 g/mol. The third-order valence-corrected chi connectivity index (χ3v) is 7.35. The van der Waals surface area contributed by atoms with Gasteiger partial charge in [0.15, 0.2) is 0 Å². The molecule has 1 aliphatic carbocycles. The van der Waals surface area contributed by atoms with E-state index in [1.807, 2.05) is 47.3 Å². The van der Waals surface area contributed by atoms with Gasteiger partial charge >= 0.3 is 6.03 Å². The van der Waals surface area contributed by atoms with Crippen molar-refractivity contribution in [2.24, 2.45) is 0 Å². The zero-order chi connectivity index (χ0) is 28.0. The number of morpholine rings is 1. The number of nitrogens with one attached hydrogen (secondary N) is 3. The number of rotatable bonds is 10. The van der Waals surface area contributed by atoms with Crippen LogP contribution in [0.5, 0.6) is 0 Å². The summed E-state index contributed by atoms with van der Waals surface area (Å²) in [6.45, 7) is 7.44. The first-order valence-electron chi connectivity index (χ1n) is 14.4. The second-order valence-corrected chi connectivity index (χ2v) is 10.5. The van der Waals surface area contributed by atoms with Crippen molar-refractivity contribution in [3.05, 3.63) is 72.6 Å². The van der Waals surface area contributed by atoms with Gasteiger partial charge < -0.3 is 20.7 Å². The molecule has 10 nitrogen and oxygen atoms in total. The van der Waals surface area contributed by atoms with Crippen LogP contribution in [0.1, 0.15) is 25.3 Å². The topological polar surface area (TPSA) is 109 Å². The van der Waals surface area contributed by atoms with Crippen molar-refractivity contribution < 1.29 is 9.53 Å². The van der Waals surface area contributed by atoms with Gasteiger partial charge in [0.1, 0.15) is 5.69 Å². The smallest absolute Gasteiger partial charge is 0.319 e. The molecule has 3 heterocycles. The number of amides is 2. The maximum atomic E-state index is 12.1. The Bertz CT molecular complexity index is 1480. The summed E-state index contributed by atoms with van der Waals surface area (Å²) in [5.41, 5.74) is 6.45. The molecule has 2 aromatic carbocycles. The average Bonchev–Trinajstić information content (AvgIpc) is 3.71. The van der Waals surface area contributed by atoms with E-state index in [2.05, 4.69) is 51.0 Å². The van der Waals surface area contributed by atoms with E-state index in [4.69, 9.17) is 14.8 Å². The van der Waals surface area contributed by atoms with Crippen molar-refractivity contribution in [1.82, 2.24) is 30.0 Å². The highest BCUT2D eigenvalue weighted by molar-refractivity contribution is 5.90. The van der Waals surface area contributed by atoms with Crippen LogP contribution in [0.4, 0.5) is 22.1 Å². The van der Waals surface area contributed by atoms with Crippen molar-refractivity contribution in [2.75, 3.05) is 43.5 Å². The lowest BCUT2D eigenvalue weighted by atomic mass is 10.1. The highest BCUT2D eigenvalue weighted by atomic mass is 16.5. The van der Waals surface area contributed by atoms with E-state index >= 15 is 0 Å². The Morgan fingerprint density at radius 1 is 1.05 bits per heavy atom. The molecule has 1 saturated heterocycles. The number of nitrogens with zero attached hydrogens (tertiary/aromatic N) is 5.